The lowest BCUT2D eigenvalue weighted by atomic mass is 9.86. The molecule has 1 aromatic heterocycles. The summed E-state index contributed by atoms with van der Waals surface area (Å²) < 4.78 is 6.50. The molecule has 4 heteroatoms. The van der Waals surface area contributed by atoms with Crippen molar-refractivity contribution in [2.45, 2.75) is 19.3 Å². The Morgan fingerprint density at radius 3 is 2.08 bits per heavy atom. The molecule has 4 aromatic carbocycles. The van der Waals surface area contributed by atoms with Crippen LogP contribution < -0.4 is 0 Å². The van der Waals surface area contributed by atoms with Crippen LogP contribution in [0.1, 0.15) is 34.7 Å². The second-order valence-corrected chi connectivity index (χ2v) is 9.57. The molecule has 5 aromatic rings. The fraction of sp³-hybridized carbons (Fsp3) is 0.118. The van der Waals surface area contributed by atoms with E-state index in [1.807, 2.05) is 103 Å². The number of nitrogens with zero attached hydrogens (tertiary/aromatic N) is 1. The fourth-order valence-electron chi connectivity index (χ4n) is 5.40. The first kappa shape index (κ1) is 23.7. The van der Waals surface area contributed by atoms with Crippen LogP contribution in [0.3, 0.4) is 0 Å². The van der Waals surface area contributed by atoms with Gasteiger partial charge in [0.1, 0.15) is 5.69 Å². The van der Waals surface area contributed by atoms with Crippen molar-refractivity contribution in [3.63, 3.8) is 0 Å². The third-order valence-corrected chi connectivity index (χ3v) is 7.22. The standard InChI is InChI=1S/C34H27NO3/c36-34(37)29-21-11-19-27(23-12-4-1-5-13-23)30(29)22-26-18-10-20-28(26)33-35-31(24-14-6-2-7-15-24)32(38-33)25-16-8-3-9-17-25/h1-9,11-17,19-21,26H,10,18,22H2,(H,36,37). The molecule has 1 N–H and O–H groups in total. The van der Waals surface area contributed by atoms with E-state index < -0.39 is 5.97 Å². The Hall–Kier alpha value is -4.70. The molecule has 0 bridgehead atoms. The van der Waals surface area contributed by atoms with Crippen LogP contribution in [-0.2, 0) is 6.42 Å². The quantitative estimate of drug-likeness (QED) is 0.245. The first-order chi connectivity index (χ1) is 18.7. The number of carboxylic acids is 1. The highest BCUT2D eigenvalue weighted by molar-refractivity contribution is 5.92. The van der Waals surface area contributed by atoms with Gasteiger partial charge in [-0.2, -0.15) is 0 Å². The molecule has 186 valence electrons. The highest BCUT2D eigenvalue weighted by Gasteiger charge is 2.29. The summed E-state index contributed by atoms with van der Waals surface area (Å²) in [5.41, 5.74) is 7.00. The van der Waals surface area contributed by atoms with Crippen molar-refractivity contribution in [3.8, 4) is 33.7 Å². The van der Waals surface area contributed by atoms with Crippen molar-refractivity contribution in [2.75, 3.05) is 0 Å². The predicted octanol–water partition coefficient (Wildman–Crippen LogP) is 8.41. The second kappa shape index (κ2) is 10.3. The largest absolute Gasteiger partial charge is 0.478 e. The lowest BCUT2D eigenvalue weighted by molar-refractivity contribution is 0.0695. The minimum atomic E-state index is -0.907. The minimum absolute atomic E-state index is 0.101. The van der Waals surface area contributed by atoms with E-state index >= 15 is 0 Å². The van der Waals surface area contributed by atoms with E-state index in [2.05, 4.69) is 6.08 Å². The number of carbonyl (C=O) groups is 1. The van der Waals surface area contributed by atoms with Gasteiger partial charge in [-0.1, -0.05) is 109 Å². The molecular weight excluding hydrogens is 470 g/mol. The van der Waals surface area contributed by atoms with Gasteiger partial charge in [-0.25, -0.2) is 9.78 Å². The van der Waals surface area contributed by atoms with Gasteiger partial charge in [-0.3, -0.25) is 0 Å². The number of carboxylic acid groups (broad SMARTS) is 1. The van der Waals surface area contributed by atoms with Crippen molar-refractivity contribution >= 4 is 11.5 Å². The second-order valence-electron chi connectivity index (χ2n) is 9.57. The van der Waals surface area contributed by atoms with E-state index in [0.717, 1.165) is 57.7 Å². The van der Waals surface area contributed by atoms with Crippen LogP contribution in [0.4, 0.5) is 0 Å². The van der Waals surface area contributed by atoms with Crippen molar-refractivity contribution in [1.82, 2.24) is 4.98 Å². The summed E-state index contributed by atoms with van der Waals surface area (Å²) in [6, 6.07) is 35.7. The molecule has 38 heavy (non-hydrogen) atoms. The molecule has 6 rings (SSSR count). The molecule has 1 heterocycles. The molecule has 0 aliphatic heterocycles. The van der Waals surface area contributed by atoms with Gasteiger partial charge in [0.2, 0.25) is 5.89 Å². The highest BCUT2D eigenvalue weighted by Crippen LogP contribution is 2.42. The van der Waals surface area contributed by atoms with Crippen LogP contribution in [-0.4, -0.2) is 16.1 Å². The summed E-state index contributed by atoms with van der Waals surface area (Å²) in [7, 11) is 0. The Morgan fingerprint density at radius 1 is 0.789 bits per heavy atom. The average Bonchev–Trinajstić information content (AvgIpc) is 3.62. The van der Waals surface area contributed by atoms with Gasteiger partial charge in [-0.15, -0.1) is 0 Å². The SMILES string of the molecule is O=C(O)c1cccc(-c2ccccc2)c1CC1CCC=C1c1nc(-c2ccccc2)c(-c2ccccc2)o1. The van der Waals surface area contributed by atoms with E-state index in [1.54, 1.807) is 6.07 Å². The maximum absolute atomic E-state index is 12.2. The monoisotopic (exact) mass is 497 g/mol. The summed E-state index contributed by atoms with van der Waals surface area (Å²) in [6.07, 6.45) is 4.62. The number of hydrogen-bond acceptors (Lipinski definition) is 3. The molecule has 4 nitrogen and oxygen atoms in total. The zero-order valence-corrected chi connectivity index (χ0v) is 20.9. The molecule has 0 amide bonds. The lowest BCUT2D eigenvalue weighted by Gasteiger charge is -2.18. The average molecular weight is 498 g/mol. The van der Waals surface area contributed by atoms with Gasteiger partial charge in [-0.05, 0) is 47.9 Å². The highest BCUT2D eigenvalue weighted by atomic mass is 16.4. The first-order valence-corrected chi connectivity index (χ1v) is 12.9. The number of oxazole rings is 1. The molecule has 0 saturated carbocycles. The summed E-state index contributed by atoms with van der Waals surface area (Å²) in [5, 5.41) is 10.0. The molecule has 0 spiro atoms. The number of hydrogen-bond donors (Lipinski definition) is 1. The molecule has 1 atom stereocenters. The van der Waals surface area contributed by atoms with Gasteiger partial charge in [0.05, 0.1) is 5.56 Å². The number of aromatic nitrogens is 1. The van der Waals surface area contributed by atoms with E-state index in [-0.39, 0.29) is 5.92 Å². The molecular formula is C34H27NO3. The Bertz CT molecular complexity index is 1550. The van der Waals surface area contributed by atoms with Crippen molar-refractivity contribution in [3.05, 3.63) is 132 Å². The van der Waals surface area contributed by atoms with Gasteiger partial charge in [0.15, 0.2) is 5.76 Å². The summed E-state index contributed by atoms with van der Waals surface area (Å²) in [4.78, 5) is 17.3. The smallest absolute Gasteiger partial charge is 0.335 e. The Kier molecular flexibility index (Phi) is 6.45. The number of benzene rings is 4. The molecule has 0 radical (unpaired) electrons. The molecule has 0 saturated heterocycles. The molecule has 1 aliphatic carbocycles. The van der Waals surface area contributed by atoms with Gasteiger partial charge in [0, 0.05) is 16.7 Å². The molecule has 1 unspecified atom stereocenters. The van der Waals surface area contributed by atoms with Crippen LogP contribution in [0.25, 0.3) is 39.3 Å². The molecule has 0 fully saturated rings. The number of aromatic carboxylic acids is 1. The normalized spacial score (nSPS) is 14.8. The third kappa shape index (κ3) is 4.57. The van der Waals surface area contributed by atoms with E-state index in [9.17, 15) is 9.90 Å². The fourth-order valence-corrected chi connectivity index (χ4v) is 5.40. The zero-order chi connectivity index (χ0) is 25.9. The van der Waals surface area contributed by atoms with Crippen molar-refractivity contribution in [2.24, 2.45) is 5.92 Å². The van der Waals surface area contributed by atoms with Crippen LogP contribution in [0.15, 0.2) is 120 Å². The van der Waals surface area contributed by atoms with E-state index in [1.165, 1.54) is 0 Å². The Balaban J connectivity index is 1.41. The Labute approximate surface area is 221 Å². The van der Waals surface area contributed by atoms with Crippen LogP contribution in [0.2, 0.25) is 0 Å². The van der Waals surface area contributed by atoms with Crippen molar-refractivity contribution in [1.29, 1.82) is 0 Å². The zero-order valence-electron chi connectivity index (χ0n) is 20.9. The third-order valence-electron chi connectivity index (χ3n) is 7.22. The van der Waals surface area contributed by atoms with E-state index in [0.29, 0.717) is 17.9 Å². The summed E-state index contributed by atoms with van der Waals surface area (Å²) in [5.74, 6) is 0.549. The van der Waals surface area contributed by atoms with Gasteiger partial charge in [0.25, 0.3) is 0 Å². The summed E-state index contributed by atoms with van der Waals surface area (Å²) in [6.45, 7) is 0. The van der Waals surface area contributed by atoms with Crippen molar-refractivity contribution < 1.29 is 14.3 Å². The number of allylic oxidation sites excluding steroid dienone is 2. The van der Waals surface area contributed by atoms with Gasteiger partial charge < -0.3 is 9.52 Å². The number of rotatable bonds is 7. The topological polar surface area (TPSA) is 63.3 Å². The van der Waals surface area contributed by atoms with Gasteiger partial charge >= 0.3 is 5.97 Å². The van der Waals surface area contributed by atoms with E-state index in [4.69, 9.17) is 9.40 Å². The Morgan fingerprint density at radius 2 is 1.42 bits per heavy atom. The predicted molar refractivity (Wildman–Crippen MR) is 151 cm³/mol. The van der Waals surface area contributed by atoms with Crippen LogP contribution >= 0.6 is 0 Å². The lowest BCUT2D eigenvalue weighted by Crippen LogP contribution is -2.10. The van der Waals surface area contributed by atoms with Crippen LogP contribution in [0, 0.1) is 5.92 Å². The van der Waals surface area contributed by atoms with Crippen LogP contribution in [0.5, 0.6) is 0 Å². The first-order valence-electron chi connectivity index (χ1n) is 12.9. The molecule has 1 aliphatic rings. The maximum atomic E-state index is 12.2. The summed E-state index contributed by atoms with van der Waals surface area (Å²) >= 11 is 0. The maximum Gasteiger partial charge on any atom is 0.335 e. The minimum Gasteiger partial charge on any atom is -0.478 e.